The van der Waals surface area contributed by atoms with Crippen molar-refractivity contribution in [2.75, 3.05) is 7.05 Å². The van der Waals surface area contributed by atoms with Crippen LogP contribution in [0.5, 0.6) is 0 Å². The Morgan fingerprint density at radius 3 is 3.07 bits per heavy atom. The van der Waals surface area contributed by atoms with Gasteiger partial charge in [-0.3, -0.25) is 0 Å². The number of nitrogens with zero attached hydrogens (tertiary/aromatic N) is 1. The zero-order chi connectivity index (χ0) is 10.8. The third-order valence-electron chi connectivity index (χ3n) is 2.50. The maximum atomic E-state index is 5.87. The van der Waals surface area contributed by atoms with Crippen LogP contribution in [0.1, 0.15) is 12.7 Å². The number of benzene rings is 1. The van der Waals surface area contributed by atoms with Crippen LogP contribution < -0.4 is 5.32 Å². The predicted molar refractivity (Wildman–Crippen MR) is 61.2 cm³/mol. The van der Waals surface area contributed by atoms with Gasteiger partial charge in [-0.1, -0.05) is 16.8 Å². The van der Waals surface area contributed by atoms with Crippen molar-refractivity contribution >= 4 is 22.5 Å². The van der Waals surface area contributed by atoms with Crippen LogP contribution in [-0.2, 0) is 6.42 Å². The van der Waals surface area contributed by atoms with E-state index in [1.54, 1.807) is 0 Å². The van der Waals surface area contributed by atoms with Crippen LogP contribution in [0.3, 0.4) is 0 Å². The van der Waals surface area contributed by atoms with Crippen molar-refractivity contribution in [2.24, 2.45) is 0 Å². The summed E-state index contributed by atoms with van der Waals surface area (Å²) in [5.41, 5.74) is 0.820. The SMILES string of the molecule is CNC(C)Cc1onc2cc(Cl)ccc12. The normalized spacial score (nSPS) is 13.3. The lowest BCUT2D eigenvalue weighted by molar-refractivity contribution is 0.378. The van der Waals surface area contributed by atoms with Gasteiger partial charge in [0, 0.05) is 22.9 Å². The van der Waals surface area contributed by atoms with Crippen LogP contribution in [-0.4, -0.2) is 18.2 Å². The highest BCUT2D eigenvalue weighted by Gasteiger charge is 2.11. The van der Waals surface area contributed by atoms with Gasteiger partial charge in [0.25, 0.3) is 0 Å². The van der Waals surface area contributed by atoms with E-state index in [-0.39, 0.29) is 0 Å². The van der Waals surface area contributed by atoms with E-state index in [4.69, 9.17) is 16.1 Å². The maximum Gasteiger partial charge on any atom is 0.146 e. The number of nitrogens with one attached hydrogen (secondary N) is 1. The van der Waals surface area contributed by atoms with Crippen LogP contribution in [0.25, 0.3) is 10.9 Å². The van der Waals surface area contributed by atoms with E-state index < -0.39 is 0 Å². The molecule has 0 saturated heterocycles. The van der Waals surface area contributed by atoms with Crippen molar-refractivity contribution < 1.29 is 4.52 Å². The van der Waals surface area contributed by atoms with Gasteiger partial charge in [-0.05, 0) is 32.2 Å². The van der Waals surface area contributed by atoms with Gasteiger partial charge in [-0.25, -0.2) is 0 Å². The minimum absolute atomic E-state index is 0.372. The number of hydrogen-bond acceptors (Lipinski definition) is 3. The molecule has 2 rings (SSSR count). The van der Waals surface area contributed by atoms with Crippen LogP contribution >= 0.6 is 11.6 Å². The van der Waals surface area contributed by atoms with Gasteiger partial charge in [0.1, 0.15) is 11.3 Å². The molecule has 0 radical (unpaired) electrons. The third kappa shape index (κ3) is 2.13. The molecular formula is C11H13ClN2O. The fourth-order valence-electron chi connectivity index (χ4n) is 1.50. The van der Waals surface area contributed by atoms with Crippen LogP contribution in [0.2, 0.25) is 5.02 Å². The summed E-state index contributed by atoms with van der Waals surface area (Å²) in [6, 6.07) is 5.99. The molecule has 0 aliphatic rings. The Kier molecular flexibility index (Phi) is 2.93. The largest absolute Gasteiger partial charge is 0.360 e. The molecule has 1 unspecified atom stereocenters. The van der Waals surface area contributed by atoms with E-state index in [1.807, 2.05) is 25.2 Å². The summed E-state index contributed by atoms with van der Waals surface area (Å²) >= 11 is 5.87. The molecule has 1 aromatic carbocycles. The first kappa shape index (κ1) is 10.5. The molecule has 80 valence electrons. The first-order valence-corrected chi connectivity index (χ1v) is 5.29. The molecular weight excluding hydrogens is 212 g/mol. The first-order chi connectivity index (χ1) is 7.20. The molecule has 0 bridgehead atoms. The van der Waals surface area contributed by atoms with Crippen LogP contribution in [0, 0.1) is 0 Å². The molecule has 1 atom stereocenters. The van der Waals surface area contributed by atoms with Gasteiger partial charge in [0.15, 0.2) is 0 Å². The highest BCUT2D eigenvalue weighted by Crippen LogP contribution is 2.22. The first-order valence-electron chi connectivity index (χ1n) is 4.92. The topological polar surface area (TPSA) is 38.1 Å². The second kappa shape index (κ2) is 4.21. The van der Waals surface area contributed by atoms with E-state index in [9.17, 15) is 0 Å². The van der Waals surface area contributed by atoms with E-state index >= 15 is 0 Å². The molecule has 0 amide bonds. The second-order valence-corrected chi connectivity index (χ2v) is 4.10. The summed E-state index contributed by atoms with van der Waals surface area (Å²) in [6.07, 6.45) is 0.828. The summed E-state index contributed by atoms with van der Waals surface area (Å²) in [4.78, 5) is 0. The second-order valence-electron chi connectivity index (χ2n) is 3.66. The molecule has 0 spiro atoms. The molecule has 0 aliphatic carbocycles. The molecule has 1 aromatic heterocycles. The molecule has 3 nitrogen and oxygen atoms in total. The lowest BCUT2D eigenvalue weighted by atomic mass is 10.1. The Morgan fingerprint density at radius 2 is 2.33 bits per heavy atom. The Balaban J connectivity index is 2.36. The number of hydrogen-bond donors (Lipinski definition) is 1. The zero-order valence-electron chi connectivity index (χ0n) is 8.75. The van der Waals surface area contributed by atoms with Gasteiger partial charge >= 0.3 is 0 Å². The van der Waals surface area contributed by atoms with Crippen molar-refractivity contribution in [3.8, 4) is 0 Å². The number of aromatic nitrogens is 1. The van der Waals surface area contributed by atoms with Gasteiger partial charge in [-0.2, -0.15) is 0 Å². The summed E-state index contributed by atoms with van der Waals surface area (Å²) in [5.74, 6) is 0.906. The third-order valence-corrected chi connectivity index (χ3v) is 2.73. The van der Waals surface area contributed by atoms with Gasteiger partial charge in [-0.15, -0.1) is 0 Å². The fraction of sp³-hybridized carbons (Fsp3) is 0.364. The van der Waals surface area contributed by atoms with Crippen LogP contribution in [0.4, 0.5) is 0 Å². The highest BCUT2D eigenvalue weighted by molar-refractivity contribution is 6.31. The summed E-state index contributed by atoms with van der Waals surface area (Å²) < 4.78 is 5.29. The molecule has 0 saturated carbocycles. The maximum absolute atomic E-state index is 5.87. The number of halogens is 1. The van der Waals surface area contributed by atoms with Gasteiger partial charge < -0.3 is 9.84 Å². The summed E-state index contributed by atoms with van der Waals surface area (Å²) in [6.45, 7) is 2.10. The van der Waals surface area contributed by atoms with E-state index in [1.165, 1.54) is 0 Å². The van der Waals surface area contributed by atoms with Crippen molar-refractivity contribution in [1.29, 1.82) is 0 Å². The Morgan fingerprint density at radius 1 is 1.53 bits per heavy atom. The van der Waals surface area contributed by atoms with Crippen LogP contribution in [0.15, 0.2) is 22.7 Å². The minimum Gasteiger partial charge on any atom is -0.360 e. The average Bonchev–Trinajstić information content (AvgIpc) is 2.60. The zero-order valence-corrected chi connectivity index (χ0v) is 9.51. The average molecular weight is 225 g/mol. The summed E-state index contributed by atoms with van der Waals surface area (Å²) in [7, 11) is 1.93. The van der Waals surface area contributed by atoms with E-state index in [2.05, 4.69) is 17.4 Å². The van der Waals surface area contributed by atoms with Crippen molar-refractivity contribution in [1.82, 2.24) is 10.5 Å². The highest BCUT2D eigenvalue weighted by atomic mass is 35.5. The Hall–Kier alpha value is -1.06. The van der Waals surface area contributed by atoms with E-state index in [0.717, 1.165) is 23.1 Å². The molecule has 0 fully saturated rings. The minimum atomic E-state index is 0.372. The predicted octanol–water partition coefficient (Wildman–Crippen LogP) is 2.63. The monoisotopic (exact) mass is 224 g/mol. The molecule has 1 N–H and O–H groups in total. The molecule has 1 heterocycles. The quantitative estimate of drug-likeness (QED) is 0.871. The van der Waals surface area contributed by atoms with Crippen molar-refractivity contribution in [3.63, 3.8) is 0 Å². The van der Waals surface area contributed by atoms with Crippen molar-refractivity contribution in [3.05, 3.63) is 29.0 Å². The lowest BCUT2D eigenvalue weighted by Crippen LogP contribution is -2.23. The Bertz CT molecular complexity index is 467. The molecule has 0 aliphatic heterocycles. The standard InChI is InChI=1S/C11H13ClN2O/c1-7(13-2)5-11-9-4-3-8(12)6-10(9)14-15-11/h3-4,6-7,13H,5H2,1-2H3. The fourth-order valence-corrected chi connectivity index (χ4v) is 1.66. The number of fused-ring (bicyclic) bond motifs is 1. The van der Waals surface area contributed by atoms with Gasteiger partial charge in [0.05, 0.1) is 0 Å². The molecule has 4 heteroatoms. The molecule has 2 aromatic rings. The smallest absolute Gasteiger partial charge is 0.146 e. The Labute approximate surface area is 93.4 Å². The number of rotatable bonds is 3. The van der Waals surface area contributed by atoms with E-state index in [0.29, 0.717) is 11.1 Å². The lowest BCUT2D eigenvalue weighted by Gasteiger charge is -2.06. The molecule has 15 heavy (non-hydrogen) atoms. The van der Waals surface area contributed by atoms with Gasteiger partial charge in [0.2, 0.25) is 0 Å². The number of likely N-dealkylation sites (N-methyl/N-ethyl adjacent to an activating group) is 1. The van der Waals surface area contributed by atoms with Crippen molar-refractivity contribution in [2.45, 2.75) is 19.4 Å². The summed E-state index contributed by atoms with van der Waals surface area (Å²) in [5, 5.41) is 8.87.